The van der Waals surface area contributed by atoms with Crippen LogP contribution in [-0.2, 0) is 21.2 Å². The average molecular weight is 464 g/mol. The van der Waals surface area contributed by atoms with E-state index < -0.39 is 26.9 Å². The van der Waals surface area contributed by atoms with Gasteiger partial charge in [0.25, 0.3) is 5.69 Å². The van der Waals surface area contributed by atoms with Gasteiger partial charge in [-0.05, 0) is 35.8 Å². The van der Waals surface area contributed by atoms with Crippen LogP contribution in [0.25, 0.3) is 5.70 Å². The highest BCUT2D eigenvalue weighted by Gasteiger charge is 2.37. The third-order valence-electron chi connectivity index (χ3n) is 5.39. The molecule has 0 spiro atoms. The third-order valence-corrected chi connectivity index (χ3v) is 7.28. The SMILES string of the molecule is O=C1NC(c2ccccc2)=CCN(S(=O)(=O)c2ccc([N+](=O)[O-])cc2)[C@H]1Cc1ccccc1. The second-order valence-electron chi connectivity index (χ2n) is 7.50. The van der Waals surface area contributed by atoms with Crippen LogP contribution in [0, 0.1) is 10.1 Å². The number of nitro groups is 1. The van der Waals surface area contributed by atoms with Gasteiger partial charge >= 0.3 is 0 Å². The summed E-state index contributed by atoms with van der Waals surface area (Å²) in [6.07, 6.45) is 1.84. The molecule has 9 heteroatoms. The fourth-order valence-corrected chi connectivity index (χ4v) is 5.21. The zero-order valence-corrected chi connectivity index (χ0v) is 18.3. The van der Waals surface area contributed by atoms with Gasteiger partial charge in [0.1, 0.15) is 6.04 Å². The van der Waals surface area contributed by atoms with Gasteiger partial charge in [0.05, 0.1) is 9.82 Å². The molecule has 3 aromatic carbocycles. The van der Waals surface area contributed by atoms with Gasteiger partial charge in [0, 0.05) is 24.4 Å². The van der Waals surface area contributed by atoms with Crippen molar-refractivity contribution in [1.82, 2.24) is 9.62 Å². The Morgan fingerprint density at radius 1 is 0.939 bits per heavy atom. The Bertz CT molecular complexity index is 1290. The predicted molar refractivity (Wildman–Crippen MR) is 123 cm³/mol. The average Bonchev–Trinajstić information content (AvgIpc) is 3.00. The molecule has 0 saturated carbocycles. The first-order valence-electron chi connectivity index (χ1n) is 10.2. The van der Waals surface area contributed by atoms with Gasteiger partial charge in [-0.15, -0.1) is 0 Å². The Morgan fingerprint density at radius 3 is 2.15 bits per heavy atom. The number of amides is 1. The van der Waals surface area contributed by atoms with Crippen molar-refractivity contribution in [3.05, 3.63) is 112 Å². The molecule has 1 heterocycles. The first-order chi connectivity index (χ1) is 15.9. The van der Waals surface area contributed by atoms with E-state index in [9.17, 15) is 23.3 Å². The maximum absolute atomic E-state index is 13.6. The summed E-state index contributed by atoms with van der Waals surface area (Å²) < 4.78 is 28.3. The molecule has 8 nitrogen and oxygen atoms in total. The van der Waals surface area contributed by atoms with E-state index in [1.807, 2.05) is 60.7 Å². The van der Waals surface area contributed by atoms with Gasteiger partial charge in [0.2, 0.25) is 15.9 Å². The highest BCUT2D eigenvalue weighted by molar-refractivity contribution is 7.89. The number of nitro benzene ring substituents is 1. The molecule has 0 aliphatic carbocycles. The minimum atomic E-state index is -4.13. The summed E-state index contributed by atoms with van der Waals surface area (Å²) in [6, 6.07) is 22.0. The van der Waals surface area contributed by atoms with Crippen molar-refractivity contribution in [2.75, 3.05) is 6.54 Å². The van der Waals surface area contributed by atoms with Crippen LogP contribution in [-0.4, -0.2) is 36.1 Å². The van der Waals surface area contributed by atoms with Crippen LogP contribution in [0.3, 0.4) is 0 Å². The topological polar surface area (TPSA) is 110 Å². The number of nitrogens with one attached hydrogen (secondary N) is 1. The zero-order valence-electron chi connectivity index (χ0n) is 17.5. The number of non-ortho nitro benzene ring substituents is 1. The number of hydrogen-bond acceptors (Lipinski definition) is 5. The molecular formula is C24H21N3O5S. The molecule has 0 bridgehead atoms. The Morgan fingerprint density at radius 2 is 1.55 bits per heavy atom. The van der Waals surface area contributed by atoms with Crippen molar-refractivity contribution >= 4 is 27.3 Å². The third kappa shape index (κ3) is 4.84. The Hall–Kier alpha value is -3.82. The Labute approximate surface area is 191 Å². The van der Waals surface area contributed by atoms with Crippen LogP contribution < -0.4 is 5.32 Å². The lowest BCUT2D eigenvalue weighted by molar-refractivity contribution is -0.384. The van der Waals surface area contributed by atoms with Crippen LogP contribution >= 0.6 is 0 Å². The summed E-state index contributed by atoms with van der Waals surface area (Å²) in [5, 5.41) is 13.8. The minimum absolute atomic E-state index is 0.0419. The number of sulfonamides is 1. The molecular weight excluding hydrogens is 442 g/mol. The van der Waals surface area contributed by atoms with E-state index in [0.717, 1.165) is 27.6 Å². The first kappa shape index (κ1) is 22.4. The second-order valence-corrected chi connectivity index (χ2v) is 9.39. The monoisotopic (exact) mass is 463 g/mol. The molecule has 33 heavy (non-hydrogen) atoms. The van der Waals surface area contributed by atoms with E-state index in [0.29, 0.717) is 5.70 Å². The molecule has 0 aromatic heterocycles. The summed E-state index contributed by atoms with van der Waals surface area (Å²) in [7, 11) is -4.13. The molecule has 0 saturated heterocycles. The summed E-state index contributed by atoms with van der Waals surface area (Å²) >= 11 is 0. The van der Waals surface area contributed by atoms with Crippen molar-refractivity contribution in [1.29, 1.82) is 0 Å². The zero-order chi connectivity index (χ0) is 23.4. The maximum atomic E-state index is 13.6. The van der Waals surface area contributed by atoms with Crippen LogP contribution in [0.15, 0.2) is 95.9 Å². The highest BCUT2D eigenvalue weighted by Crippen LogP contribution is 2.26. The highest BCUT2D eigenvalue weighted by atomic mass is 32.2. The van der Waals surface area contributed by atoms with Gasteiger partial charge in [-0.1, -0.05) is 60.7 Å². The molecule has 0 unspecified atom stereocenters. The van der Waals surface area contributed by atoms with Crippen molar-refractivity contribution in [3.8, 4) is 0 Å². The maximum Gasteiger partial charge on any atom is 0.269 e. The summed E-state index contributed by atoms with van der Waals surface area (Å²) in [6.45, 7) is -0.0419. The number of hydrogen-bond donors (Lipinski definition) is 1. The van der Waals surface area contributed by atoms with E-state index in [-0.39, 0.29) is 23.5 Å². The molecule has 1 atom stereocenters. The lowest BCUT2D eigenvalue weighted by atomic mass is 10.1. The summed E-state index contributed by atoms with van der Waals surface area (Å²) in [4.78, 5) is 23.5. The molecule has 1 N–H and O–H groups in total. The van der Waals surface area contributed by atoms with E-state index >= 15 is 0 Å². The number of carbonyl (C=O) groups excluding carboxylic acids is 1. The summed E-state index contributed by atoms with van der Waals surface area (Å²) in [5.74, 6) is -0.447. The van der Waals surface area contributed by atoms with E-state index in [4.69, 9.17) is 0 Å². The standard InChI is InChI=1S/C24H21N3O5S/c28-24-23(17-18-7-3-1-4-8-18)26(16-15-22(25-24)19-9-5-2-6-10-19)33(31,32)21-13-11-20(12-14-21)27(29)30/h1-15,23H,16-17H2,(H,25,28)/t23-/m0/s1. The normalized spacial score (nSPS) is 17.0. The smallest absolute Gasteiger partial charge is 0.269 e. The molecule has 1 aliphatic rings. The molecule has 4 rings (SSSR count). The van der Waals surface area contributed by atoms with E-state index in [1.54, 1.807) is 6.08 Å². The Kier molecular flexibility index (Phi) is 6.34. The lowest BCUT2D eigenvalue weighted by Gasteiger charge is -2.27. The van der Waals surface area contributed by atoms with Crippen molar-refractivity contribution in [2.45, 2.75) is 17.4 Å². The van der Waals surface area contributed by atoms with Crippen LogP contribution in [0.5, 0.6) is 0 Å². The molecule has 0 fully saturated rings. The number of carbonyl (C=O) groups is 1. The molecule has 1 aliphatic heterocycles. The van der Waals surface area contributed by atoms with Crippen LogP contribution in [0.4, 0.5) is 5.69 Å². The molecule has 0 radical (unpaired) electrons. The van der Waals surface area contributed by atoms with Gasteiger partial charge < -0.3 is 5.32 Å². The first-order valence-corrected chi connectivity index (χ1v) is 11.7. The second kappa shape index (κ2) is 9.35. The number of benzene rings is 3. The van der Waals surface area contributed by atoms with E-state index in [1.165, 1.54) is 12.1 Å². The Balaban J connectivity index is 1.75. The van der Waals surface area contributed by atoms with Gasteiger partial charge in [-0.25, -0.2) is 8.42 Å². The van der Waals surface area contributed by atoms with Crippen molar-refractivity contribution < 1.29 is 18.1 Å². The van der Waals surface area contributed by atoms with Gasteiger partial charge in [-0.2, -0.15) is 4.31 Å². The minimum Gasteiger partial charge on any atom is -0.324 e. The van der Waals surface area contributed by atoms with Crippen molar-refractivity contribution in [2.24, 2.45) is 0 Å². The summed E-state index contributed by atoms with van der Waals surface area (Å²) in [5.41, 5.74) is 1.89. The predicted octanol–water partition coefficient (Wildman–Crippen LogP) is 3.37. The van der Waals surface area contributed by atoms with Crippen LogP contribution in [0.2, 0.25) is 0 Å². The largest absolute Gasteiger partial charge is 0.324 e. The number of rotatable bonds is 6. The van der Waals surface area contributed by atoms with Gasteiger partial charge in [-0.3, -0.25) is 14.9 Å². The molecule has 168 valence electrons. The van der Waals surface area contributed by atoms with Crippen LogP contribution in [0.1, 0.15) is 11.1 Å². The molecule has 3 aromatic rings. The lowest BCUT2D eigenvalue weighted by Crippen LogP contribution is -2.48. The molecule has 1 amide bonds. The fourth-order valence-electron chi connectivity index (χ4n) is 3.69. The quantitative estimate of drug-likeness (QED) is 0.445. The van der Waals surface area contributed by atoms with Gasteiger partial charge in [0.15, 0.2) is 0 Å². The fraction of sp³-hybridized carbons (Fsp3) is 0.125. The van der Waals surface area contributed by atoms with E-state index in [2.05, 4.69) is 5.32 Å². The number of nitrogens with zero attached hydrogens (tertiary/aromatic N) is 2. The van der Waals surface area contributed by atoms with Crippen molar-refractivity contribution in [3.63, 3.8) is 0 Å².